The first-order valence-electron chi connectivity index (χ1n) is 4.46. The summed E-state index contributed by atoms with van der Waals surface area (Å²) in [6, 6.07) is 0. The van der Waals surface area contributed by atoms with Crippen molar-refractivity contribution in [1.29, 1.82) is 0 Å². The summed E-state index contributed by atoms with van der Waals surface area (Å²) in [5, 5.41) is 10.5. The lowest BCUT2D eigenvalue weighted by molar-refractivity contribution is -0.386. The Morgan fingerprint density at radius 2 is 2.40 bits per heavy atom. The van der Waals surface area contributed by atoms with Gasteiger partial charge in [0.1, 0.15) is 6.20 Å². The molecule has 1 aliphatic rings. The average molecular weight is 230 g/mol. The monoisotopic (exact) mass is 229 g/mol. The molecule has 15 heavy (non-hydrogen) atoms. The van der Waals surface area contributed by atoms with Crippen LogP contribution in [0.3, 0.4) is 0 Å². The van der Waals surface area contributed by atoms with E-state index in [1.54, 1.807) is 0 Å². The molecule has 6 nitrogen and oxygen atoms in total. The lowest BCUT2D eigenvalue weighted by Crippen LogP contribution is -2.04. The zero-order valence-corrected chi connectivity index (χ0v) is 8.48. The third-order valence-corrected chi connectivity index (χ3v) is 2.24. The quantitative estimate of drug-likeness (QED) is 0.447. The lowest BCUT2D eigenvalue weighted by Gasteiger charge is -2.03. The largest absolute Gasteiger partial charge is 0.472 e. The summed E-state index contributed by atoms with van der Waals surface area (Å²) in [6.45, 7) is 0.453. The van der Waals surface area contributed by atoms with Crippen LogP contribution in [-0.4, -0.2) is 21.5 Å². The number of hydrogen-bond donors (Lipinski definition) is 0. The molecule has 0 bridgehead atoms. The first-order chi connectivity index (χ1) is 7.16. The number of hydrogen-bond acceptors (Lipinski definition) is 5. The first kappa shape index (κ1) is 10.1. The maximum Gasteiger partial charge on any atom is 0.349 e. The van der Waals surface area contributed by atoms with Gasteiger partial charge in [-0.15, -0.1) is 0 Å². The predicted molar refractivity (Wildman–Crippen MR) is 51.9 cm³/mol. The summed E-state index contributed by atoms with van der Waals surface area (Å²) in [4.78, 5) is 17.2. The highest BCUT2D eigenvalue weighted by atomic mass is 35.5. The van der Waals surface area contributed by atoms with Crippen molar-refractivity contribution < 1.29 is 9.66 Å². The van der Waals surface area contributed by atoms with Gasteiger partial charge in [-0.05, 0) is 30.4 Å². The molecule has 0 aromatic carbocycles. The van der Waals surface area contributed by atoms with Crippen LogP contribution in [0.15, 0.2) is 6.20 Å². The molecule has 0 aliphatic heterocycles. The van der Waals surface area contributed by atoms with Gasteiger partial charge in [0.15, 0.2) is 0 Å². The Bertz CT molecular complexity index is 395. The van der Waals surface area contributed by atoms with Crippen LogP contribution in [0.2, 0.25) is 5.28 Å². The number of ether oxygens (including phenoxy) is 1. The van der Waals surface area contributed by atoms with Gasteiger partial charge in [0.25, 0.3) is 5.88 Å². The van der Waals surface area contributed by atoms with E-state index in [1.165, 1.54) is 0 Å². The molecular weight excluding hydrogens is 222 g/mol. The van der Waals surface area contributed by atoms with Crippen molar-refractivity contribution in [2.24, 2.45) is 5.92 Å². The van der Waals surface area contributed by atoms with Gasteiger partial charge in [-0.2, -0.15) is 4.98 Å². The fourth-order valence-electron chi connectivity index (χ4n) is 1.05. The van der Waals surface area contributed by atoms with Gasteiger partial charge in [-0.3, -0.25) is 10.1 Å². The highest BCUT2D eigenvalue weighted by molar-refractivity contribution is 6.28. The molecule has 1 aromatic rings. The van der Waals surface area contributed by atoms with Crippen LogP contribution < -0.4 is 4.74 Å². The van der Waals surface area contributed by atoms with E-state index in [1.807, 2.05) is 0 Å². The van der Waals surface area contributed by atoms with Gasteiger partial charge < -0.3 is 4.74 Å². The van der Waals surface area contributed by atoms with Gasteiger partial charge in [0, 0.05) is 0 Å². The van der Waals surface area contributed by atoms with Gasteiger partial charge in [0.05, 0.1) is 11.5 Å². The zero-order valence-electron chi connectivity index (χ0n) is 7.72. The molecule has 0 unspecified atom stereocenters. The second-order valence-corrected chi connectivity index (χ2v) is 3.68. The molecule has 0 spiro atoms. The van der Waals surface area contributed by atoms with E-state index in [0.29, 0.717) is 12.5 Å². The predicted octanol–water partition coefficient (Wildman–Crippen LogP) is 1.83. The van der Waals surface area contributed by atoms with E-state index >= 15 is 0 Å². The second-order valence-electron chi connectivity index (χ2n) is 3.34. The Hall–Kier alpha value is -1.43. The third kappa shape index (κ3) is 2.53. The minimum absolute atomic E-state index is 0.0492. The van der Waals surface area contributed by atoms with Crippen LogP contribution in [0.5, 0.6) is 5.88 Å². The maximum atomic E-state index is 10.6. The van der Waals surface area contributed by atoms with Crippen LogP contribution in [0.25, 0.3) is 0 Å². The Balaban J connectivity index is 2.16. The maximum absolute atomic E-state index is 10.6. The number of rotatable bonds is 4. The molecule has 1 aliphatic carbocycles. The Morgan fingerprint density at radius 1 is 1.67 bits per heavy atom. The van der Waals surface area contributed by atoms with E-state index in [-0.39, 0.29) is 16.9 Å². The summed E-state index contributed by atoms with van der Waals surface area (Å²) >= 11 is 5.53. The van der Waals surface area contributed by atoms with Crippen molar-refractivity contribution in [1.82, 2.24) is 9.97 Å². The minimum atomic E-state index is -0.585. The molecule has 1 fully saturated rings. The van der Waals surface area contributed by atoms with Crippen molar-refractivity contribution in [2.75, 3.05) is 6.61 Å². The smallest absolute Gasteiger partial charge is 0.349 e. The molecule has 0 amide bonds. The summed E-state index contributed by atoms with van der Waals surface area (Å²) in [7, 11) is 0. The summed E-state index contributed by atoms with van der Waals surface area (Å²) in [5.41, 5.74) is -0.250. The SMILES string of the molecule is O=[N+]([O-])c1cnc(Cl)nc1OCC1CC1. The van der Waals surface area contributed by atoms with Crippen LogP contribution in [0.4, 0.5) is 5.69 Å². The van der Waals surface area contributed by atoms with Crippen molar-refractivity contribution >= 4 is 17.3 Å². The highest BCUT2D eigenvalue weighted by Gasteiger charge is 2.25. The molecule has 0 atom stereocenters. The second kappa shape index (κ2) is 3.98. The standard InChI is InChI=1S/C8H8ClN3O3/c9-8-10-3-6(12(13)14)7(11-8)15-4-5-1-2-5/h3,5H,1-2,4H2. The normalized spacial score (nSPS) is 15.0. The van der Waals surface area contributed by atoms with E-state index < -0.39 is 4.92 Å². The van der Waals surface area contributed by atoms with Gasteiger partial charge in [-0.1, -0.05) is 0 Å². The number of halogens is 1. The van der Waals surface area contributed by atoms with Gasteiger partial charge in [-0.25, -0.2) is 4.98 Å². The van der Waals surface area contributed by atoms with Crippen LogP contribution in [0.1, 0.15) is 12.8 Å². The molecule has 1 heterocycles. The lowest BCUT2D eigenvalue weighted by atomic mass is 10.4. The van der Waals surface area contributed by atoms with Gasteiger partial charge >= 0.3 is 5.69 Å². The fraction of sp³-hybridized carbons (Fsp3) is 0.500. The first-order valence-corrected chi connectivity index (χ1v) is 4.84. The van der Waals surface area contributed by atoms with Crippen LogP contribution in [0, 0.1) is 16.0 Å². The summed E-state index contributed by atoms with van der Waals surface area (Å²) in [5.74, 6) is 0.449. The van der Waals surface area contributed by atoms with Crippen LogP contribution >= 0.6 is 11.6 Å². The Labute approximate surface area is 90.4 Å². The third-order valence-electron chi connectivity index (χ3n) is 2.06. The number of nitro groups is 1. The molecule has 7 heteroatoms. The summed E-state index contributed by atoms with van der Waals surface area (Å²) < 4.78 is 5.23. The Morgan fingerprint density at radius 3 is 3.00 bits per heavy atom. The van der Waals surface area contributed by atoms with Crippen molar-refractivity contribution in [3.05, 3.63) is 21.6 Å². The minimum Gasteiger partial charge on any atom is -0.472 e. The number of aromatic nitrogens is 2. The summed E-state index contributed by atoms with van der Waals surface area (Å²) in [6.07, 6.45) is 3.26. The molecule has 2 rings (SSSR count). The molecule has 80 valence electrons. The van der Waals surface area contributed by atoms with E-state index in [4.69, 9.17) is 16.3 Å². The highest BCUT2D eigenvalue weighted by Crippen LogP contribution is 2.31. The molecular formula is C8H8ClN3O3. The van der Waals surface area contributed by atoms with E-state index in [9.17, 15) is 10.1 Å². The average Bonchev–Trinajstić information content (AvgIpc) is 2.97. The van der Waals surface area contributed by atoms with E-state index in [0.717, 1.165) is 19.0 Å². The molecule has 0 N–H and O–H groups in total. The molecule has 0 saturated heterocycles. The zero-order chi connectivity index (χ0) is 10.8. The molecule has 0 radical (unpaired) electrons. The van der Waals surface area contributed by atoms with Crippen LogP contribution in [-0.2, 0) is 0 Å². The molecule has 1 saturated carbocycles. The van der Waals surface area contributed by atoms with Gasteiger partial charge in [0.2, 0.25) is 5.28 Å². The van der Waals surface area contributed by atoms with Crippen molar-refractivity contribution in [3.63, 3.8) is 0 Å². The fourth-order valence-corrected chi connectivity index (χ4v) is 1.18. The topological polar surface area (TPSA) is 78.2 Å². The van der Waals surface area contributed by atoms with Crippen molar-refractivity contribution in [3.8, 4) is 5.88 Å². The molecule has 1 aromatic heterocycles. The number of nitrogens with zero attached hydrogens (tertiary/aromatic N) is 3. The Kier molecular flexibility index (Phi) is 2.68. The van der Waals surface area contributed by atoms with Crippen molar-refractivity contribution in [2.45, 2.75) is 12.8 Å². The van der Waals surface area contributed by atoms with E-state index in [2.05, 4.69) is 9.97 Å².